The van der Waals surface area contributed by atoms with E-state index in [1.165, 1.54) is 4.90 Å². The molecule has 0 bridgehead atoms. The van der Waals surface area contributed by atoms with Gasteiger partial charge in [-0.25, -0.2) is 18.2 Å². The van der Waals surface area contributed by atoms with Crippen molar-refractivity contribution in [2.24, 2.45) is 5.92 Å². The first-order chi connectivity index (χ1) is 27.0. The van der Waals surface area contributed by atoms with E-state index in [0.29, 0.717) is 56.4 Å². The highest BCUT2D eigenvalue weighted by atomic mass is 32.2. The number of aryl methyl sites for hydroxylation is 1. The van der Waals surface area contributed by atoms with E-state index in [4.69, 9.17) is 14.5 Å². The Labute approximate surface area is 334 Å². The summed E-state index contributed by atoms with van der Waals surface area (Å²) in [6.45, 7) is 7.28. The molecule has 3 aliphatic carbocycles. The van der Waals surface area contributed by atoms with Crippen molar-refractivity contribution in [3.8, 4) is 11.5 Å². The number of urea groups is 1. The molecule has 0 radical (unpaired) electrons. The summed E-state index contributed by atoms with van der Waals surface area (Å²) in [6, 6.07) is 3.38. The Bertz CT molecular complexity index is 2140. The Morgan fingerprint density at radius 2 is 1.82 bits per heavy atom. The van der Waals surface area contributed by atoms with Gasteiger partial charge in [-0.05, 0) is 104 Å². The fraction of sp³-hybridized carbons (Fsp3) is 0.643. The molecule has 14 nitrogen and oxygen atoms in total. The first kappa shape index (κ1) is 39.4. The second-order valence-electron chi connectivity index (χ2n) is 18.6. The maximum Gasteiger partial charge on any atom is 0.315 e. The number of hydrogen-bond donors (Lipinski definition) is 4. The lowest BCUT2D eigenvalue weighted by Gasteiger charge is -2.37. The van der Waals surface area contributed by atoms with Gasteiger partial charge in [0.1, 0.15) is 34.7 Å². The Balaban J connectivity index is 1.15. The molecule has 308 valence electrons. The Morgan fingerprint density at radius 1 is 1.05 bits per heavy atom. The molecule has 1 spiro atoms. The molecule has 1 saturated heterocycles. The summed E-state index contributed by atoms with van der Waals surface area (Å²) in [4.78, 5) is 63.5. The van der Waals surface area contributed by atoms with E-state index in [-0.39, 0.29) is 25.3 Å². The molecular weight excluding hydrogens is 749 g/mol. The minimum Gasteiger partial charge on any atom is -0.497 e. The Hall–Kier alpha value is -4.40. The minimum absolute atomic E-state index is 0.0858. The van der Waals surface area contributed by atoms with Gasteiger partial charge >= 0.3 is 6.03 Å². The van der Waals surface area contributed by atoms with Crippen LogP contribution < -0.4 is 30.1 Å². The third kappa shape index (κ3) is 7.68. The molecule has 4 heterocycles. The molecule has 15 heteroatoms. The largest absolute Gasteiger partial charge is 0.497 e. The topological polar surface area (TPSA) is 185 Å². The van der Waals surface area contributed by atoms with Crippen LogP contribution in [0.4, 0.5) is 4.79 Å². The number of ether oxygens (including phenoxy) is 2. The summed E-state index contributed by atoms with van der Waals surface area (Å²) >= 11 is 0. The van der Waals surface area contributed by atoms with Gasteiger partial charge in [0.25, 0.3) is 5.91 Å². The van der Waals surface area contributed by atoms with Gasteiger partial charge in [0.2, 0.25) is 21.8 Å². The molecule has 3 aliphatic heterocycles. The number of hydrogen-bond acceptors (Lipinski definition) is 9. The molecule has 1 aromatic carbocycles. The zero-order valence-corrected chi connectivity index (χ0v) is 34.5. The average Bonchev–Trinajstić information content (AvgIpc) is 4.08. The van der Waals surface area contributed by atoms with Gasteiger partial charge in [-0.15, -0.1) is 0 Å². The van der Waals surface area contributed by atoms with E-state index in [1.54, 1.807) is 14.0 Å². The number of amides is 5. The highest BCUT2D eigenvalue weighted by Gasteiger charge is 2.64. The van der Waals surface area contributed by atoms with Crippen molar-refractivity contribution in [1.82, 2.24) is 30.6 Å². The normalized spacial score (nSPS) is 29.8. The van der Waals surface area contributed by atoms with Crippen LogP contribution in [0.25, 0.3) is 10.9 Å². The lowest BCUT2D eigenvalue weighted by Crippen LogP contribution is -2.59. The number of pyridine rings is 1. The van der Waals surface area contributed by atoms with Crippen LogP contribution in [-0.2, 0) is 30.8 Å². The predicted molar refractivity (Wildman–Crippen MR) is 213 cm³/mol. The van der Waals surface area contributed by atoms with E-state index < -0.39 is 73.2 Å². The molecule has 5 amide bonds. The number of fused-ring (bicyclic) bond motifs is 5. The van der Waals surface area contributed by atoms with Crippen molar-refractivity contribution in [2.75, 3.05) is 13.7 Å². The molecular formula is C42H56N6O8S. The van der Waals surface area contributed by atoms with E-state index in [2.05, 4.69) is 20.7 Å². The number of benzene rings is 1. The molecule has 4 N–H and O–H groups in total. The first-order valence-electron chi connectivity index (χ1n) is 20.6. The smallest absolute Gasteiger partial charge is 0.315 e. The van der Waals surface area contributed by atoms with Crippen LogP contribution in [0.15, 0.2) is 30.4 Å². The van der Waals surface area contributed by atoms with E-state index >= 15 is 0 Å². The van der Waals surface area contributed by atoms with Crippen molar-refractivity contribution in [3.05, 3.63) is 41.6 Å². The number of carbonyl (C=O) groups excluding carboxylic acids is 4. The van der Waals surface area contributed by atoms with Crippen LogP contribution in [0.2, 0.25) is 0 Å². The third-order valence-electron chi connectivity index (χ3n) is 12.8. The van der Waals surface area contributed by atoms with Gasteiger partial charge in [-0.2, -0.15) is 0 Å². The summed E-state index contributed by atoms with van der Waals surface area (Å²) in [5.41, 5.74) is -0.253. The molecule has 0 unspecified atom stereocenters. The van der Waals surface area contributed by atoms with Crippen molar-refractivity contribution >= 4 is 44.7 Å². The number of carbonyl (C=O) groups is 4. The molecule has 5 atom stereocenters. The van der Waals surface area contributed by atoms with Crippen LogP contribution in [-0.4, -0.2) is 89.2 Å². The average molecular weight is 805 g/mol. The van der Waals surface area contributed by atoms with Crippen LogP contribution in [0.3, 0.4) is 0 Å². The van der Waals surface area contributed by atoms with Crippen molar-refractivity contribution in [2.45, 2.75) is 151 Å². The zero-order chi connectivity index (χ0) is 40.5. The van der Waals surface area contributed by atoms with Crippen LogP contribution in [0.5, 0.6) is 11.5 Å². The van der Waals surface area contributed by atoms with Crippen molar-refractivity contribution < 1.29 is 37.1 Å². The monoisotopic (exact) mass is 804 g/mol. The van der Waals surface area contributed by atoms with E-state index in [9.17, 15) is 27.6 Å². The van der Waals surface area contributed by atoms with Crippen molar-refractivity contribution in [1.29, 1.82) is 0 Å². The number of aromatic nitrogens is 1. The number of sulfonamides is 1. The Kier molecular flexibility index (Phi) is 9.79. The van der Waals surface area contributed by atoms with E-state index in [0.717, 1.165) is 47.8 Å². The second kappa shape index (κ2) is 14.2. The van der Waals surface area contributed by atoms with Gasteiger partial charge in [-0.3, -0.25) is 19.1 Å². The zero-order valence-electron chi connectivity index (χ0n) is 33.7. The van der Waals surface area contributed by atoms with Crippen LogP contribution in [0.1, 0.15) is 122 Å². The molecule has 1 aromatic heterocycles. The fourth-order valence-electron chi connectivity index (χ4n) is 8.83. The number of nitrogens with one attached hydrogen (secondary N) is 4. The number of nitrogens with zero attached hydrogens (tertiary/aromatic N) is 2. The van der Waals surface area contributed by atoms with E-state index in [1.807, 2.05) is 51.1 Å². The van der Waals surface area contributed by atoms with Gasteiger partial charge in [0, 0.05) is 40.8 Å². The van der Waals surface area contributed by atoms with Crippen LogP contribution >= 0.6 is 0 Å². The Morgan fingerprint density at radius 3 is 2.53 bits per heavy atom. The summed E-state index contributed by atoms with van der Waals surface area (Å²) in [5.74, 6) is -0.483. The summed E-state index contributed by atoms with van der Waals surface area (Å²) in [5, 5.41) is 9.78. The van der Waals surface area contributed by atoms with Gasteiger partial charge < -0.3 is 30.3 Å². The molecule has 8 rings (SSSR count). The minimum atomic E-state index is -3.98. The predicted octanol–water partition coefficient (Wildman–Crippen LogP) is 4.65. The summed E-state index contributed by atoms with van der Waals surface area (Å²) in [7, 11) is -2.35. The number of allylic oxidation sites excluding steroid dienone is 1. The quantitative estimate of drug-likeness (QED) is 0.302. The standard InChI is InChI=1S/C42H56N6O8S/c1-39(2,3)46-38(52)44-30-12-10-8-6-7-9-11-26-22-42(26,37(51)47-57(53,54)40(4)19-20-40)45-35(49)32-23-41(24-48(32)36(30)50)18-17-29-28-16-15-27(55-5)21-31(28)43-33(25-13-14-25)34(29)56-41/h9,11,15-16,21,25-26,30,32H,6-8,10,12-14,17-20,22-24H2,1-5H3,(H,45,49)(H,47,51)(H2,44,46,52)/t26-,30+,32+,41-,42-/m1/s1. The molecule has 57 heavy (non-hydrogen) atoms. The number of methoxy groups -OCH3 is 1. The second-order valence-corrected chi connectivity index (χ2v) is 20.8. The SMILES string of the molecule is COc1ccc2c3c(c(C4CC4)nc2c1)O[C@]1(CC3)C[C@H]2C(=O)N[C@]3(C(=O)NS(=O)(=O)C4(C)CC4)C[C@H]3C=CCCCCC[C@H](NC(=O)NC(C)(C)C)C(=O)N2C1. The highest BCUT2D eigenvalue weighted by Crippen LogP contribution is 2.52. The van der Waals surface area contributed by atoms with Gasteiger partial charge in [0.15, 0.2) is 0 Å². The molecule has 4 fully saturated rings. The van der Waals surface area contributed by atoms with Crippen LogP contribution in [0, 0.1) is 5.92 Å². The highest BCUT2D eigenvalue weighted by molar-refractivity contribution is 7.91. The molecule has 3 saturated carbocycles. The maximum absolute atomic E-state index is 14.9. The number of rotatable bonds is 6. The summed E-state index contributed by atoms with van der Waals surface area (Å²) < 4.78 is 40.4. The molecule has 2 aromatic rings. The van der Waals surface area contributed by atoms with Gasteiger partial charge in [0.05, 0.1) is 29.6 Å². The molecule has 6 aliphatic rings. The lowest BCUT2D eigenvalue weighted by molar-refractivity contribution is -0.141. The maximum atomic E-state index is 14.9. The lowest BCUT2D eigenvalue weighted by atomic mass is 9.86. The first-order valence-corrected chi connectivity index (χ1v) is 22.1. The van der Waals surface area contributed by atoms with Gasteiger partial charge in [-0.1, -0.05) is 25.0 Å². The third-order valence-corrected chi connectivity index (χ3v) is 15.0. The summed E-state index contributed by atoms with van der Waals surface area (Å²) in [6.07, 6.45) is 11.6. The van der Waals surface area contributed by atoms with Crippen molar-refractivity contribution in [3.63, 3.8) is 0 Å². The fourth-order valence-corrected chi connectivity index (χ4v) is 10.1.